The molecule has 0 unspecified atom stereocenters. The Morgan fingerprint density at radius 1 is 0.376 bits per heavy atom. The highest BCUT2D eigenvalue weighted by atomic mass is 32.1. The van der Waals surface area contributed by atoms with Gasteiger partial charge in [0.1, 0.15) is 24.6 Å². The molecule has 26 heteroatoms. The van der Waals surface area contributed by atoms with Crippen molar-refractivity contribution in [2.75, 3.05) is 26.4 Å². The first-order valence-corrected chi connectivity index (χ1v) is 39.3. The SMILES string of the molecule is C=CC(=O)OCCn1c2ccc(C(=O)/C(=N/OC(C)=O)c3ccccc3C)cc2c2cc(C(=O)c3cccs3)ccc21.C=CC(=O)OCCn1c2ccc(C(=O)/C(C)=N/OC(C)=O)cc2c2cc(C(=O)c3cccs3)ccc21.CCOCCn1c2ccc(C(=O)/C(C)=N/OC(=O)c3ccccc3)cc2c2cc(C(=O)c3cccs3)ccc21. The Labute approximate surface area is 681 Å². The Bertz CT molecular complexity index is 6360. The number of hydrogen-bond donors (Lipinski definition) is 0. The monoisotopic (exact) mass is 1620 g/mol. The molecule has 6 heterocycles. The molecule has 0 spiro atoms. The van der Waals surface area contributed by atoms with Crippen molar-refractivity contribution in [1.82, 2.24) is 13.7 Å². The largest absolute Gasteiger partial charge is 0.461 e. The van der Waals surface area contributed by atoms with Crippen molar-refractivity contribution in [3.8, 4) is 0 Å². The summed E-state index contributed by atoms with van der Waals surface area (Å²) in [5, 5.41) is 21.6. The minimum absolute atomic E-state index is 0.00344. The number of oxime groups is 3. The zero-order valence-electron chi connectivity index (χ0n) is 64.2. The average molecular weight is 1620 g/mol. The predicted octanol–water partition coefficient (Wildman–Crippen LogP) is 17.8. The van der Waals surface area contributed by atoms with Crippen LogP contribution in [-0.2, 0) is 67.5 Å². The number of thiophene rings is 3. The zero-order valence-corrected chi connectivity index (χ0v) is 66.6. The molecule has 6 aromatic heterocycles. The molecular formula is C91H74N6O17S3. The third-order valence-electron chi connectivity index (χ3n) is 18.6. The lowest BCUT2D eigenvalue weighted by atomic mass is 9.96. The first-order valence-electron chi connectivity index (χ1n) is 36.6. The van der Waals surface area contributed by atoms with Crippen LogP contribution in [0.5, 0.6) is 0 Å². The highest BCUT2D eigenvalue weighted by Gasteiger charge is 2.26. The Balaban J connectivity index is 0.000000162. The number of rotatable bonds is 29. The quantitative estimate of drug-likeness (QED) is 0.00800. The highest BCUT2D eigenvalue weighted by Crippen LogP contribution is 2.36. The van der Waals surface area contributed by atoms with Gasteiger partial charge in [0.05, 0.1) is 39.9 Å². The third kappa shape index (κ3) is 19.0. The summed E-state index contributed by atoms with van der Waals surface area (Å²) in [6.45, 7) is 18.7. The molecule has 0 bridgehead atoms. The van der Waals surface area contributed by atoms with E-state index in [-0.39, 0.29) is 53.5 Å². The molecule has 0 N–H and O–H groups in total. The van der Waals surface area contributed by atoms with Gasteiger partial charge in [-0.15, -0.1) is 34.0 Å². The molecule has 0 aliphatic rings. The number of ketones is 6. The molecule has 23 nitrogen and oxygen atoms in total. The van der Waals surface area contributed by atoms with Crippen molar-refractivity contribution in [2.24, 2.45) is 15.5 Å². The van der Waals surface area contributed by atoms with Crippen LogP contribution in [0, 0.1) is 6.92 Å². The molecule has 0 saturated heterocycles. The van der Waals surface area contributed by atoms with Gasteiger partial charge in [0.15, 0.2) is 5.71 Å². The molecule has 0 atom stereocenters. The minimum Gasteiger partial charge on any atom is -0.461 e. The number of aromatic nitrogens is 3. The van der Waals surface area contributed by atoms with E-state index in [9.17, 15) is 52.7 Å². The lowest BCUT2D eigenvalue weighted by Gasteiger charge is -2.10. The van der Waals surface area contributed by atoms with E-state index in [1.807, 2.05) is 118 Å². The van der Waals surface area contributed by atoms with E-state index in [4.69, 9.17) is 23.9 Å². The summed E-state index contributed by atoms with van der Waals surface area (Å²) in [6.07, 6.45) is 2.21. The van der Waals surface area contributed by atoms with Crippen LogP contribution in [0.2, 0.25) is 0 Å². The Kier molecular flexibility index (Phi) is 26.7. The molecule has 0 saturated carbocycles. The molecule has 117 heavy (non-hydrogen) atoms. The van der Waals surface area contributed by atoms with Crippen LogP contribution in [-0.4, -0.2) is 122 Å². The smallest absolute Gasteiger partial charge is 0.365 e. The summed E-state index contributed by atoms with van der Waals surface area (Å²) in [7, 11) is 0. The highest BCUT2D eigenvalue weighted by molar-refractivity contribution is 7.13. The maximum Gasteiger partial charge on any atom is 0.365 e. The summed E-state index contributed by atoms with van der Waals surface area (Å²) in [4.78, 5) is 154. The van der Waals surface area contributed by atoms with E-state index in [0.29, 0.717) is 92.0 Å². The summed E-state index contributed by atoms with van der Waals surface area (Å²) in [5.74, 6) is -4.38. The Hall–Kier alpha value is -13.9. The van der Waals surface area contributed by atoms with Gasteiger partial charge >= 0.3 is 29.8 Å². The summed E-state index contributed by atoms with van der Waals surface area (Å²) < 4.78 is 22.1. The number of benzene rings is 8. The number of esters is 2. The lowest BCUT2D eigenvalue weighted by Crippen LogP contribution is -2.18. The van der Waals surface area contributed by atoms with Crippen molar-refractivity contribution < 1.29 is 81.5 Å². The first kappa shape index (κ1) is 82.5. The average Bonchev–Trinajstić information content (AvgIpc) is 1.61. The van der Waals surface area contributed by atoms with Crippen LogP contribution >= 0.6 is 34.0 Å². The van der Waals surface area contributed by atoms with Crippen LogP contribution in [0.1, 0.15) is 133 Å². The van der Waals surface area contributed by atoms with Crippen LogP contribution < -0.4 is 0 Å². The van der Waals surface area contributed by atoms with E-state index >= 15 is 0 Å². The van der Waals surface area contributed by atoms with Gasteiger partial charge in [-0.3, -0.25) is 28.8 Å². The lowest BCUT2D eigenvalue weighted by molar-refractivity contribution is -0.141. The van der Waals surface area contributed by atoms with Gasteiger partial charge in [0.2, 0.25) is 34.7 Å². The van der Waals surface area contributed by atoms with E-state index in [0.717, 1.165) is 83.1 Å². The topological polar surface area (TPSA) is 295 Å². The second-order valence-corrected chi connectivity index (χ2v) is 29.1. The maximum absolute atomic E-state index is 13.9. The fourth-order valence-electron chi connectivity index (χ4n) is 13.1. The van der Waals surface area contributed by atoms with Crippen molar-refractivity contribution in [1.29, 1.82) is 0 Å². The van der Waals surface area contributed by atoms with Gasteiger partial charge < -0.3 is 42.4 Å². The number of carbonyl (C=O) groups excluding carboxylic acids is 11. The zero-order chi connectivity index (χ0) is 83.0. The normalized spacial score (nSPS) is 11.5. The molecule has 14 rings (SSSR count). The summed E-state index contributed by atoms with van der Waals surface area (Å²) in [5.41, 5.74) is 9.50. The van der Waals surface area contributed by atoms with Gasteiger partial charge in [0.25, 0.3) is 0 Å². The van der Waals surface area contributed by atoms with Gasteiger partial charge in [-0.05, 0) is 189 Å². The first-order chi connectivity index (χ1) is 56.5. The van der Waals surface area contributed by atoms with E-state index < -0.39 is 41.4 Å². The van der Waals surface area contributed by atoms with Crippen molar-refractivity contribution in [3.05, 3.63) is 306 Å². The van der Waals surface area contributed by atoms with Crippen molar-refractivity contribution in [3.63, 3.8) is 0 Å². The molecule has 0 aliphatic carbocycles. The molecule has 0 radical (unpaired) electrons. The van der Waals surface area contributed by atoms with Crippen LogP contribution in [0.4, 0.5) is 0 Å². The number of carbonyl (C=O) groups is 11. The standard InChI is InChI=1S/C33H26N2O6S.C31H26N2O5S.C27H22N2O6S/c1-4-30(37)40-16-15-35-27-13-11-22(32(38)29-10-7-17-42-29)18-25(27)26-19-23(12-14-28(26)35)33(39)31(34-41-21(3)36)24-9-6-5-8-20(24)2;1-3-37-16-15-33-26-13-11-22(29(34)20(2)32-38-31(36)21-8-5-4-6-9-21)18-24(26)25-19-23(12-14-27(25)33)30(35)28-10-7-17-39-28;1-4-25(31)34-12-11-29-22-9-7-18(26(32)16(2)28-35-17(3)30)14-20(22)21-15-19(8-10-23(21)29)27(33)24-6-5-13-36-24/h4-14,17-19H,1,15-16H2,2-3H3;4-14,17-19H,3,15-16H2,1-2H3;4-10,13-15H,1,11-12H2,2-3H3/b34-31+;32-20+;28-16+. The van der Waals surface area contributed by atoms with Gasteiger partial charge in [-0.2, -0.15) is 0 Å². The van der Waals surface area contributed by atoms with Crippen LogP contribution in [0.3, 0.4) is 0 Å². The van der Waals surface area contributed by atoms with Gasteiger partial charge in [0, 0.05) is 144 Å². The van der Waals surface area contributed by atoms with E-state index in [1.54, 1.807) is 121 Å². The second-order valence-electron chi connectivity index (χ2n) is 26.2. The molecule has 0 fully saturated rings. The van der Waals surface area contributed by atoms with Crippen LogP contribution in [0.25, 0.3) is 65.4 Å². The van der Waals surface area contributed by atoms with Crippen molar-refractivity contribution in [2.45, 2.75) is 61.2 Å². The Morgan fingerprint density at radius 3 is 1.08 bits per heavy atom. The fraction of sp³-hybridized carbons (Fsp3) is 0.143. The van der Waals surface area contributed by atoms with Crippen molar-refractivity contribution >= 4 is 181 Å². The molecule has 588 valence electrons. The van der Waals surface area contributed by atoms with Gasteiger partial charge in [-0.25, -0.2) is 24.0 Å². The second kappa shape index (κ2) is 37.8. The predicted molar refractivity (Wildman–Crippen MR) is 453 cm³/mol. The number of fused-ring (bicyclic) bond motifs is 9. The number of Topliss-reactive ketones (excluding diaryl/α,β-unsaturated/α-hetero) is 3. The van der Waals surface area contributed by atoms with E-state index in [1.165, 1.54) is 61.7 Å². The number of aryl methyl sites for hydroxylation is 1. The van der Waals surface area contributed by atoms with Gasteiger partial charge in [-0.1, -0.05) is 89.3 Å². The minimum atomic E-state index is -0.646. The molecule has 14 aromatic rings. The van der Waals surface area contributed by atoms with E-state index in [2.05, 4.69) is 38.0 Å². The summed E-state index contributed by atoms with van der Waals surface area (Å²) in [6, 6.07) is 58.9. The van der Waals surface area contributed by atoms with Crippen LogP contribution in [0.15, 0.2) is 257 Å². The molecule has 0 aliphatic heterocycles. The fourth-order valence-corrected chi connectivity index (χ4v) is 15.2. The molecule has 8 aromatic carbocycles. The Morgan fingerprint density at radius 2 is 0.718 bits per heavy atom. The maximum atomic E-state index is 13.9. The third-order valence-corrected chi connectivity index (χ3v) is 21.2. The molecule has 0 amide bonds. The number of nitrogens with zero attached hydrogens (tertiary/aromatic N) is 6. The number of ether oxygens (including phenoxy) is 3. The number of hydrogen-bond acceptors (Lipinski definition) is 23. The molecular weight excluding hydrogens is 1550 g/mol. The summed E-state index contributed by atoms with van der Waals surface area (Å²) >= 11 is 4.14.